The van der Waals surface area contributed by atoms with Gasteiger partial charge in [-0.1, -0.05) is 0 Å². The molecule has 0 fully saturated rings. The summed E-state index contributed by atoms with van der Waals surface area (Å²) < 4.78 is 5.51. The van der Waals surface area contributed by atoms with Crippen LogP contribution in [-0.4, -0.2) is 27.0 Å². The van der Waals surface area contributed by atoms with Crippen LogP contribution in [0, 0.1) is 0 Å². The predicted molar refractivity (Wildman–Crippen MR) is 72.9 cm³/mol. The van der Waals surface area contributed by atoms with Gasteiger partial charge in [0.25, 0.3) is 0 Å². The Balaban J connectivity index is 2.09. The Kier molecular flexibility index (Phi) is 2.68. The van der Waals surface area contributed by atoms with Gasteiger partial charge in [0.05, 0.1) is 0 Å². The largest absolute Gasteiger partial charge is 0.508 e. The molecule has 102 valence electrons. The Bertz CT molecular complexity index is 718. The number of aromatic hydroxyl groups is 4. The van der Waals surface area contributed by atoms with Crippen LogP contribution in [0.5, 0.6) is 28.7 Å². The monoisotopic (exact) mass is 272 g/mol. The van der Waals surface area contributed by atoms with Crippen LogP contribution < -0.4 is 4.74 Å². The van der Waals surface area contributed by atoms with Crippen LogP contribution in [0.4, 0.5) is 0 Å². The van der Waals surface area contributed by atoms with Crippen molar-refractivity contribution >= 4 is 11.6 Å². The summed E-state index contributed by atoms with van der Waals surface area (Å²) >= 11 is 0. The fraction of sp³-hybridized carbons (Fsp3) is 0.0667. The molecule has 0 saturated heterocycles. The maximum atomic E-state index is 9.88. The first-order valence-corrected chi connectivity index (χ1v) is 5.97. The van der Waals surface area contributed by atoms with E-state index in [0.717, 1.165) is 5.56 Å². The molecule has 0 unspecified atom stereocenters. The number of hydrogen-bond donors (Lipinski definition) is 4. The molecule has 2 aromatic rings. The van der Waals surface area contributed by atoms with E-state index in [4.69, 9.17) is 4.74 Å². The van der Waals surface area contributed by atoms with E-state index in [1.165, 1.54) is 24.3 Å². The molecule has 4 N–H and O–H groups in total. The first-order chi connectivity index (χ1) is 9.56. The fourth-order valence-electron chi connectivity index (χ4n) is 2.14. The Morgan fingerprint density at radius 1 is 0.900 bits per heavy atom. The smallest absolute Gasteiger partial charge is 0.200 e. The van der Waals surface area contributed by atoms with E-state index in [2.05, 4.69) is 0 Å². The van der Waals surface area contributed by atoms with Crippen molar-refractivity contribution in [2.75, 3.05) is 6.61 Å². The molecule has 1 aliphatic heterocycles. The second-order valence-electron chi connectivity index (χ2n) is 4.51. The average Bonchev–Trinajstić information content (AvgIpc) is 2.44. The van der Waals surface area contributed by atoms with E-state index < -0.39 is 5.75 Å². The molecule has 20 heavy (non-hydrogen) atoms. The third kappa shape index (κ3) is 1.89. The van der Waals surface area contributed by atoms with Crippen molar-refractivity contribution in [3.8, 4) is 28.7 Å². The van der Waals surface area contributed by atoms with Crippen LogP contribution >= 0.6 is 0 Å². The number of benzene rings is 2. The molecule has 0 aromatic heterocycles. The molecule has 5 nitrogen and oxygen atoms in total. The number of fused-ring (bicyclic) bond motifs is 1. The summed E-state index contributed by atoms with van der Waals surface area (Å²) in [4.78, 5) is 0. The minimum Gasteiger partial charge on any atom is -0.508 e. The van der Waals surface area contributed by atoms with E-state index in [9.17, 15) is 20.4 Å². The molecule has 0 saturated carbocycles. The third-order valence-corrected chi connectivity index (χ3v) is 3.19. The van der Waals surface area contributed by atoms with Crippen molar-refractivity contribution < 1.29 is 25.2 Å². The normalized spacial score (nSPS) is 13.3. The van der Waals surface area contributed by atoms with Crippen molar-refractivity contribution in [3.63, 3.8) is 0 Å². The Hall–Kier alpha value is -2.82. The standard InChI is InChI=1S/C15H12O5/c16-10-2-1-8-5-9(7-20-13(8)6-10)11-3-4-12(17)15(19)14(11)18/h1-6,16-19H,7H2. The zero-order valence-corrected chi connectivity index (χ0v) is 10.4. The van der Waals surface area contributed by atoms with Crippen LogP contribution in [0.1, 0.15) is 11.1 Å². The molecule has 0 bridgehead atoms. The van der Waals surface area contributed by atoms with Gasteiger partial charge in [0, 0.05) is 22.8 Å². The van der Waals surface area contributed by atoms with Gasteiger partial charge < -0.3 is 25.2 Å². The molecule has 1 heterocycles. The van der Waals surface area contributed by atoms with Crippen molar-refractivity contribution in [1.29, 1.82) is 0 Å². The Morgan fingerprint density at radius 2 is 1.70 bits per heavy atom. The Labute approximate surface area is 114 Å². The van der Waals surface area contributed by atoms with E-state index >= 15 is 0 Å². The summed E-state index contributed by atoms with van der Waals surface area (Å²) in [6.45, 7) is 0.189. The SMILES string of the molecule is Oc1ccc2c(c1)OCC(c1ccc(O)c(O)c1O)=C2. The molecule has 0 atom stereocenters. The molecule has 3 rings (SSSR count). The van der Waals surface area contributed by atoms with Crippen LogP contribution in [0.3, 0.4) is 0 Å². The maximum absolute atomic E-state index is 9.88. The van der Waals surface area contributed by atoms with Crippen LogP contribution in [-0.2, 0) is 0 Å². The van der Waals surface area contributed by atoms with Gasteiger partial charge in [-0.15, -0.1) is 0 Å². The summed E-state index contributed by atoms with van der Waals surface area (Å²) in [7, 11) is 0. The van der Waals surface area contributed by atoms with Gasteiger partial charge in [0.15, 0.2) is 11.5 Å². The average molecular weight is 272 g/mol. The lowest BCUT2D eigenvalue weighted by Crippen LogP contribution is -2.06. The van der Waals surface area contributed by atoms with Crippen LogP contribution in [0.25, 0.3) is 11.6 Å². The number of phenols is 4. The quantitative estimate of drug-likeness (QED) is 0.599. The predicted octanol–water partition coefficient (Wildman–Crippen LogP) is 2.44. The lowest BCUT2D eigenvalue weighted by molar-refractivity contribution is 0.356. The zero-order valence-electron chi connectivity index (χ0n) is 10.4. The highest BCUT2D eigenvalue weighted by molar-refractivity contribution is 5.88. The summed E-state index contributed by atoms with van der Waals surface area (Å²) in [6, 6.07) is 7.55. The number of phenolic OH excluding ortho intramolecular Hbond substituents is 4. The van der Waals surface area contributed by atoms with Crippen LogP contribution in [0.15, 0.2) is 30.3 Å². The van der Waals surface area contributed by atoms with Gasteiger partial charge in [-0.2, -0.15) is 0 Å². The fourth-order valence-corrected chi connectivity index (χ4v) is 2.14. The molecular weight excluding hydrogens is 260 g/mol. The molecular formula is C15H12O5. The minimum absolute atomic E-state index is 0.116. The van der Waals surface area contributed by atoms with Crippen molar-refractivity contribution in [3.05, 3.63) is 41.5 Å². The summed E-state index contributed by atoms with van der Waals surface area (Å²) in [6.07, 6.45) is 1.80. The molecule has 2 aromatic carbocycles. The Morgan fingerprint density at radius 3 is 2.50 bits per heavy atom. The highest BCUT2D eigenvalue weighted by atomic mass is 16.5. The second-order valence-corrected chi connectivity index (χ2v) is 4.51. The summed E-state index contributed by atoms with van der Waals surface area (Å²) in [5.74, 6) is -0.655. The first kappa shape index (κ1) is 12.2. The molecule has 1 aliphatic rings. The van der Waals surface area contributed by atoms with E-state index in [1.54, 1.807) is 12.1 Å². The van der Waals surface area contributed by atoms with E-state index in [1.807, 2.05) is 0 Å². The van der Waals surface area contributed by atoms with Gasteiger partial charge in [-0.25, -0.2) is 0 Å². The lowest BCUT2D eigenvalue weighted by Gasteiger charge is -2.19. The van der Waals surface area contributed by atoms with Gasteiger partial charge in [-0.05, 0) is 30.3 Å². The molecule has 5 heteroatoms. The lowest BCUT2D eigenvalue weighted by atomic mass is 9.99. The highest BCUT2D eigenvalue weighted by Gasteiger charge is 2.19. The zero-order chi connectivity index (χ0) is 14.3. The van der Waals surface area contributed by atoms with Gasteiger partial charge in [0.1, 0.15) is 18.1 Å². The van der Waals surface area contributed by atoms with Crippen molar-refractivity contribution in [1.82, 2.24) is 0 Å². The van der Waals surface area contributed by atoms with Crippen molar-refractivity contribution in [2.24, 2.45) is 0 Å². The van der Waals surface area contributed by atoms with Gasteiger partial charge in [-0.3, -0.25) is 0 Å². The number of rotatable bonds is 1. The maximum Gasteiger partial charge on any atom is 0.200 e. The highest BCUT2D eigenvalue weighted by Crippen LogP contribution is 2.42. The molecule has 0 aliphatic carbocycles. The molecule has 0 amide bonds. The van der Waals surface area contributed by atoms with Gasteiger partial charge in [0.2, 0.25) is 5.75 Å². The third-order valence-electron chi connectivity index (χ3n) is 3.19. The summed E-state index contributed by atoms with van der Waals surface area (Å²) in [5, 5.41) is 38.1. The van der Waals surface area contributed by atoms with Crippen LogP contribution in [0.2, 0.25) is 0 Å². The number of ether oxygens (including phenoxy) is 1. The second kappa shape index (κ2) is 4.38. The van der Waals surface area contributed by atoms with E-state index in [-0.39, 0.29) is 23.9 Å². The minimum atomic E-state index is -0.556. The topological polar surface area (TPSA) is 90.2 Å². The number of hydrogen-bond acceptors (Lipinski definition) is 5. The molecule has 0 spiro atoms. The van der Waals surface area contributed by atoms with Gasteiger partial charge >= 0.3 is 0 Å². The first-order valence-electron chi connectivity index (χ1n) is 5.97. The van der Waals surface area contributed by atoms with E-state index in [0.29, 0.717) is 16.9 Å². The van der Waals surface area contributed by atoms with Crippen molar-refractivity contribution in [2.45, 2.75) is 0 Å². The molecule has 0 radical (unpaired) electrons. The summed E-state index contributed by atoms with van der Waals surface area (Å²) in [5.41, 5.74) is 1.81.